The first-order valence-corrected chi connectivity index (χ1v) is 5.80. The fourth-order valence-corrected chi connectivity index (χ4v) is 2.15. The Balaban J connectivity index is 2.25. The molecule has 0 aromatic carbocycles. The van der Waals surface area contributed by atoms with E-state index in [2.05, 4.69) is 11.5 Å². The molecule has 1 aliphatic rings. The van der Waals surface area contributed by atoms with Crippen LogP contribution in [0.15, 0.2) is 11.6 Å². The van der Waals surface area contributed by atoms with Gasteiger partial charge in [0.25, 0.3) is 0 Å². The fourth-order valence-electron chi connectivity index (χ4n) is 0.977. The Morgan fingerprint density at radius 2 is 2.15 bits per heavy atom. The van der Waals surface area contributed by atoms with Gasteiger partial charge in [-0.25, -0.2) is 0 Å². The minimum atomic E-state index is 0.639. The quantitative estimate of drug-likeness (QED) is 0.682. The molecule has 2 nitrogen and oxygen atoms in total. The summed E-state index contributed by atoms with van der Waals surface area (Å²) >= 11 is 12.4. The average Bonchev–Trinajstić information content (AvgIpc) is 2.15. The first-order chi connectivity index (χ1) is 6.20. The molecule has 1 heterocycles. The zero-order valence-corrected chi connectivity index (χ0v) is 9.68. The maximum Gasteiger partial charge on any atom is 0.136 e. The summed E-state index contributed by atoms with van der Waals surface area (Å²) in [6.45, 7) is 6.93. The van der Waals surface area contributed by atoms with Gasteiger partial charge in [-0.2, -0.15) is 0 Å². The Labute approximate surface area is 93.3 Å². The van der Waals surface area contributed by atoms with E-state index < -0.39 is 0 Å². The number of hydrogen-bond donors (Lipinski definition) is 0. The number of halogens is 1. The van der Waals surface area contributed by atoms with Gasteiger partial charge in [-0.15, -0.1) is 0 Å². The maximum absolute atomic E-state index is 5.64. The normalized spacial score (nSPS) is 17.2. The van der Waals surface area contributed by atoms with Gasteiger partial charge < -0.3 is 9.64 Å². The largest absolute Gasteiger partial charge is 0.378 e. The molecule has 13 heavy (non-hydrogen) atoms. The standard InChI is InChI=1S/C8H12ClNOS2/c1-7(9)6-13-8(12)10-2-4-11-5-3-10/h1-6H2. The molecule has 0 spiro atoms. The lowest BCUT2D eigenvalue weighted by Gasteiger charge is -2.28. The fraction of sp³-hybridized carbons (Fsp3) is 0.625. The Bertz CT molecular complexity index is 204. The van der Waals surface area contributed by atoms with E-state index in [0.717, 1.165) is 30.6 Å². The van der Waals surface area contributed by atoms with Gasteiger partial charge in [-0.05, 0) is 0 Å². The van der Waals surface area contributed by atoms with E-state index in [1.165, 1.54) is 0 Å². The topological polar surface area (TPSA) is 12.5 Å². The second-order valence-electron chi connectivity index (χ2n) is 2.67. The first kappa shape index (κ1) is 11.3. The van der Waals surface area contributed by atoms with E-state index in [4.69, 9.17) is 28.6 Å². The predicted octanol–water partition coefficient (Wildman–Crippen LogP) is 2.09. The smallest absolute Gasteiger partial charge is 0.136 e. The SMILES string of the molecule is C=C(Cl)CSC(=S)N1CCOCC1. The van der Waals surface area contributed by atoms with Gasteiger partial charge in [0, 0.05) is 23.9 Å². The van der Waals surface area contributed by atoms with Crippen molar-refractivity contribution in [3.63, 3.8) is 0 Å². The highest BCUT2D eigenvalue weighted by molar-refractivity contribution is 8.23. The van der Waals surface area contributed by atoms with Crippen LogP contribution in [0.5, 0.6) is 0 Å². The summed E-state index contributed by atoms with van der Waals surface area (Å²) in [6, 6.07) is 0. The molecule has 0 atom stereocenters. The van der Waals surface area contributed by atoms with Crippen molar-refractivity contribution in [1.29, 1.82) is 0 Å². The van der Waals surface area contributed by atoms with Crippen LogP contribution in [0.25, 0.3) is 0 Å². The lowest BCUT2D eigenvalue weighted by atomic mass is 10.5. The van der Waals surface area contributed by atoms with Crippen molar-refractivity contribution in [2.75, 3.05) is 32.1 Å². The molecular weight excluding hydrogens is 226 g/mol. The maximum atomic E-state index is 5.64. The molecule has 0 aromatic heterocycles. The summed E-state index contributed by atoms with van der Waals surface area (Å²) in [4.78, 5) is 2.14. The molecule has 1 aliphatic heterocycles. The van der Waals surface area contributed by atoms with Crippen molar-refractivity contribution >= 4 is 39.9 Å². The van der Waals surface area contributed by atoms with E-state index in [1.807, 2.05) is 0 Å². The van der Waals surface area contributed by atoms with Crippen LogP contribution in [0.1, 0.15) is 0 Å². The highest BCUT2D eigenvalue weighted by Crippen LogP contribution is 2.15. The number of nitrogens with zero attached hydrogens (tertiary/aromatic N) is 1. The van der Waals surface area contributed by atoms with Crippen molar-refractivity contribution < 1.29 is 4.74 Å². The number of thiocarbonyl (C=S) groups is 1. The van der Waals surface area contributed by atoms with Crippen molar-refractivity contribution in [3.8, 4) is 0 Å². The van der Waals surface area contributed by atoms with Crippen LogP contribution in [0.4, 0.5) is 0 Å². The van der Waals surface area contributed by atoms with Crippen LogP contribution in [0, 0.1) is 0 Å². The third kappa shape index (κ3) is 4.31. The molecule has 0 aliphatic carbocycles. The second kappa shape index (κ2) is 5.86. The highest BCUT2D eigenvalue weighted by atomic mass is 35.5. The Kier molecular flexibility index (Phi) is 5.09. The molecule has 0 saturated carbocycles. The van der Waals surface area contributed by atoms with Crippen molar-refractivity contribution in [2.45, 2.75) is 0 Å². The summed E-state index contributed by atoms with van der Waals surface area (Å²) in [7, 11) is 0. The summed E-state index contributed by atoms with van der Waals surface area (Å²) < 4.78 is 6.11. The minimum Gasteiger partial charge on any atom is -0.378 e. The number of rotatable bonds is 2. The molecule has 0 radical (unpaired) electrons. The van der Waals surface area contributed by atoms with Crippen molar-refractivity contribution in [3.05, 3.63) is 11.6 Å². The Hall–Kier alpha value is 0.230. The van der Waals surface area contributed by atoms with E-state index >= 15 is 0 Å². The van der Waals surface area contributed by atoms with Crippen LogP contribution in [-0.4, -0.2) is 41.3 Å². The van der Waals surface area contributed by atoms with Crippen LogP contribution >= 0.6 is 35.6 Å². The monoisotopic (exact) mass is 237 g/mol. The third-order valence-corrected chi connectivity index (χ3v) is 3.52. The second-order valence-corrected chi connectivity index (χ2v) is 4.81. The predicted molar refractivity (Wildman–Crippen MR) is 62.4 cm³/mol. The molecule has 1 fully saturated rings. The third-order valence-electron chi connectivity index (χ3n) is 1.62. The molecule has 1 rings (SSSR count). The van der Waals surface area contributed by atoms with Crippen LogP contribution in [0.3, 0.4) is 0 Å². The number of thioether (sulfide) groups is 1. The van der Waals surface area contributed by atoms with Crippen LogP contribution in [-0.2, 0) is 4.74 Å². The van der Waals surface area contributed by atoms with Gasteiger partial charge in [-0.3, -0.25) is 0 Å². The molecule has 0 amide bonds. The lowest BCUT2D eigenvalue weighted by Crippen LogP contribution is -2.38. The number of ether oxygens (including phenoxy) is 1. The molecule has 1 saturated heterocycles. The van der Waals surface area contributed by atoms with Gasteiger partial charge in [0.15, 0.2) is 0 Å². The number of hydrogen-bond acceptors (Lipinski definition) is 3. The zero-order chi connectivity index (χ0) is 9.68. The zero-order valence-electron chi connectivity index (χ0n) is 7.29. The molecule has 0 bridgehead atoms. The molecule has 0 unspecified atom stereocenters. The van der Waals surface area contributed by atoms with E-state index in [-0.39, 0.29) is 0 Å². The van der Waals surface area contributed by atoms with E-state index in [9.17, 15) is 0 Å². The van der Waals surface area contributed by atoms with E-state index in [0.29, 0.717) is 10.8 Å². The van der Waals surface area contributed by atoms with Gasteiger partial charge in [0.05, 0.1) is 13.2 Å². The van der Waals surface area contributed by atoms with Crippen LogP contribution in [0.2, 0.25) is 0 Å². The molecular formula is C8H12ClNOS2. The average molecular weight is 238 g/mol. The minimum absolute atomic E-state index is 0.639. The summed E-state index contributed by atoms with van der Waals surface area (Å²) in [5.74, 6) is 0.692. The molecule has 0 aromatic rings. The summed E-state index contributed by atoms with van der Waals surface area (Å²) in [5.41, 5.74) is 0. The molecule has 0 N–H and O–H groups in total. The van der Waals surface area contributed by atoms with Crippen molar-refractivity contribution in [2.24, 2.45) is 0 Å². The van der Waals surface area contributed by atoms with Crippen molar-refractivity contribution in [1.82, 2.24) is 4.90 Å². The highest BCUT2D eigenvalue weighted by Gasteiger charge is 2.13. The summed E-state index contributed by atoms with van der Waals surface area (Å²) in [6.07, 6.45) is 0. The Morgan fingerprint density at radius 3 is 2.69 bits per heavy atom. The van der Waals surface area contributed by atoms with Gasteiger partial charge in [0.1, 0.15) is 4.32 Å². The Morgan fingerprint density at radius 1 is 1.54 bits per heavy atom. The van der Waals surface area contributed by atoms with Gasteiger partial charge >= 0.3 is 0 Å². The van der Waals surface area contributed by atoms with Crippen LogP contribution < -0.4 is 0 Å². The lowest BCUT2D eigenvalue weighted by molar-refractivity contribution is 0.0702. The summed E-state index contributed by atoms with van der Waals surface area (Å²) in [5, 5.41) is 0.639. The molecule has 5 heteroatoms. The van der Waals surface area contributed by atoms with Gasteiger partial charge in [-0.1, -0.05) is 42.2 Å². The van der Waals surface area contributed by atoms with E-state index in [1.54, 1.807) is 11.8 Å². The first-order valence-electron chi connectivity index (χ1n) is 4.03. The molecule has 74 valence electrons. The number of morpholine rings is 1. The van der Waals surface area contributed by atoms with Gasteiger partial charge in [0.2, 0.25) is 0 Å².